The molecule has 5 heteroatoms. The highest BCUT2D eigenvalue weighted by molar-refractivity contribution is 7.00. The van der Waals surface area contributed by atoms with E-state index < -0.39 is 15.0 Å². The molecule has 3 heterocycles. The van der Waals surface area contributed by atoms with E-state index in [1.54, 1.807) is 6.33 Å². The molecule has 0 saturated carbocycles. The summed E-state index contributed by atoms with van der Waals surface area (Å²) in [6, 6.07) is 46.4. The largest absolute Gasteiger partial charge is 0.294 e. The third-order valence-electron chi connectivity index (χ3n) is 8.95. The topological polar surface area (TPSA) is 26.6 Å². The minimum absolute atomic E-state index is 0.678. The van der Waals surface area contributed by atoms with Gasteiger partial charge in [0.1, 0.15) is 19.6 Å². The van der Waals surface area contributed by atoms with Gasteiger partial charge in [-0.15, -0.1) is 0 Å². The van der Waals surface area contributed by atoms with Gasteiger partial charge >= 0.3 is 0 Å². The van der Waals surface area contributed by atoms with Crippen molar-refractivity contribution in [1.29, 1.82) is 0 Å². The molecule has 0 radical (unpaired) electrons. The normalized spacial score (nSPS) is 13.3. The first-order valence-electron chi connectivity index (χ1n) is 16.4. The summed E-state index contributed by atoms with van der Waals surface area (Å²) in [5.74, 6) is 0.887. The van der Waals surface area contributed by atoms with Crippen LogP contribution in [0, 0.1) is 0 Å². The van der Waals surface area contributed by atoms with E-state index in [4.69, 9.17) is 9.10 Å². The van der Waals surface area contributed by atoms with Gasteiger partial charge in [0.25, 0.3) is 0 Å². The minimum Gasteiger partial charge on any atom is -0.294 e. The number of benzene rings is 5. The fourth-order valence-corrected chi connectivity index (χ4v) is 8.84. The Hall–Kier alpha value is -5.26. The maximum Gasteiger partial charge on any atom is 0.249 e. The van der Waals surface area contributed by atoms with Gasteiger partial charge in [0.15, 0.2) is 11.0 Å². The molecular formula is C39H33N4Si+. The van der Waals surface area contributed by atoms with Crippen molar-refractivity contribution >= 4 is 51.3 Å². The number of rotatable bonds is 5. The molecule has 0 aliphatic rings. The Bertz CT molecular complexity index is 2440. The molecular weight excluding hydrogens is 553 g/mol. The summed E-state index contributed by atoms with van der Waals surface area (Å²) >= 11 is 0. The number of aryl methyl sites for hydroxylation is 1. The van der Waals surface area contributed by atoms with E-state index in [-0.39, 0.29) is 0 Å². The molecule has 0 spiro atoms. The first-order chi connectivity index (χ1) is 22.7. The van der Waals surface area contributed by atoms with Crippen LogP contribution >= 0.6 is 0 Å². The zero-order valence-electron chi connectivity index (χ0n) is 27.6. The predicted octanol–water partition coefficient (Wildman–Crippen LogP) is 7.44. The van der Waals surface area contributed by atoms with E-state index in [2.05, 4.69) is 121 Å². The van der Waals surface area contributed by atoms with Gasteiger partial charge < -0.3 is 0 Å². The molecule has 212 valence electrons. The first-order valence-corrected chi connectivity index (χ1v) is 17.9. The van der Waals surface area contributed by atoms with Crippen molar-refractivity contribution in [3.05, 3.63) is 146 Å². The SMILES string of the molecule is [2H]C([2H])([2H])[n+]1cn(-c2cccc([Si](C)(C)c3ccc4c5ccccc5n(-c5cc(-c6ccccc6)ccn5)c4c3)c2)c2ccccc21. The van der Waals surface area contributed by atoms with Gasteiger partial charge in [0.05, 0.1) is 22.1 Å². The second-order valence-corrected chi connectivity index (χ2v) is 16.3. The Morgan fingerprint density at radius 2 is 1.39 bits per heavy atom. The molecule has 0 aliphatic carbocycles. The van der Waals surface area contributed by atoms with Crippen molar-refractivity contribution in [2.75, 3.05) is 0 Å². The van der Waals surface area contributed by atoms with Crippen molar-refractivity contribution in [1.82, 2.24) is 14.1 Å². The first kappa shape index (κ1) is 23.2. The Morgan fingerprint density at radius 1 is 0.636 bits per heavy atom. The Morgan fingerprint density at radius 3 is 2.25 bits per heavy atom. The average molecular weight is 589 g/mol. The molecule has 8 aromatic rings. The Balaban J connectivity index is 1.27. The van der Waals surface area contributed by atoms with Crippen molar-refractivity contribution in [2.45, 2.75) is 13.1 Å². The Labute approximate surface area is 262 Å². The molecule has 0 saturated heterocycles. The fourth-order valence-electron chi connectivity index (χ4n) is 6.49. The summed E-state index contributed by atoms with van der Waals surface area (Å²) in [4.78, 5) is 4.88. The molecule has 8 rings (SSSR count). The summed E-state index contributed by atoms with van der Waals surface area (Å²) < 4.78 is 30.0. The summed E-state index contributed by atoms with van der Waals surface area (Å²) in [5, 5.41) is 4.96. The predicted molar refractivity (Wildman–Crippen MR) is 185 cm³/mol. The van der Waals surface area contributed by atoms with Crippen molar-refractivity contribution < 1.29 is 8.68 Å². The van der Waals surface area contributed by atoms with Crippen LogP contribution in [0.25, 0.3) is 55.5 Å². The van der Waals surface area contributed by atoms with Gasteiger partial charge in [0, 0.05) is 17.0 Å². The van der Waals surface area contributed by atoms with Crippen molar-refractivity contribution in [2.24, 2.45) is 6.98 Å². The highest BCUT2D eigenvalue weighted by Crippen LogP contribution is 2.32. The number of imidazole rings is 1. The van der Waals surface area contributed by atoms with Crippen LogP contribution in [0.5, 0.6) is 0 Å². The van der Waals surface area contributed by atoms with E-state index in [9.17, 15) is 0 Å². The zero-order valence-corrected chi connectivity index (χ0v) is 25.6. The van der Waals surface area contributed by atoms with Crippen LogP contribution in [-0.4, -0.2) is 22.2 Å². The van der Waals surface area contributed by atoms with E-state index in [1.807, 2.05) is 41.1 Å². The smallest absolute Gasteiger partial charge is 0.249 e. The number of para-hydroxylation sites is 3. The molecule has 0 N–H and O–H groups in total. The molecule has 4 nitrogen and oxygen atoms in total. The van der Waals surface area contributed by atoms with Crippen LogP contribution in [0.15, 0.2) is 146 Å². The highest BCUT2D eigenvalue weighted by atomic mass is 28.3. The van der Waals surface area contributed by atoms with E-state index in [0.29, 0.717) is 5.52 Å². The van der Waals surface area contributed by atoms with Crippen LogP contribution in [0.3, 0.4) is 0 Å². The van der Waals surface area contributed by atoms with Crippen LogP contribution in [0.2, 0.25) is 13.1 Å². The monoisotopic (exact) mass is 588 g/mol. The number of nitrogens with zero attached hydrogens (tertiary/aromatic N) is 4. The van der Waals surface area contributed by atoms with Crippen LogP contribution in [0.4, 0.5) is 0 Å². The summed E-state index contributed by atoms with van der Waals surface area (Å²) in [5.41, 5.74) is 7.02. The van der Waals surface area contributed by atoms with E-state index >= 15 is 0 Å². The van der Waals surface area contributed by atoms with Gasteiger partial charge in [-0.1, -0.05) is 108 Å². The Kier molecular flexibility index (Phi) is 5.37. The average Bonchev–Trinajstić information content (AvgIpc) is 3.65. The highest BCUT2D eigenvalue weighted by Gasteiger charge is 2.28. The molecule has 0 bridgehead atoms. The molecule has 3 aromatic heterocycles. The zero-order chi connectivity index (χ0) is 32.3. The molecule has 44 heavy (non-hydrogen) atoms. The molecule has 0 fully saturated rings. The van der Waals surface area contributed by atoms with Crippen molar-refractivity contribution in [3.63, 3.8) is 0 Å². The number of hydrogen-bond acceptors (Lipinski definition) is 1. The van der Waals surface area contributed by atoms with Crippen LogP contribution in [-0.2, 0) is 6.98 Å². The van der Waals surface area contributed by atoms with Gasteiger partial charge in [-0.2, -0.15) is 4.57 Å². The lowest BCUT2D eigenvalue weighted by molar-refractivity contribution is -0.645. The quantitative estimate of drug-likeness (QED) is 0.152. The third-order valence-corrected chi connectivity index (χ3v) is 12.5. The lowest BCUT2D eigenvalue weighted by Gasteiger charge is -2.24. The van der Waals surface area contributed by atoms with Crippen LogP contribution < -0.4 is 14.9 Å². The number of pyridine rings is 1. The molecule has 0 unspecified atom stereocenters. The summed E-state index contributed by atoms with van der Waals surface area (Å²) in [6.07, 6.45) is 3.60. The lowest BCUT2D eigenvalue weighted by atomic mass is 10.1. The van der Waals surface area contributed by atoms with Gasteiger partial charge in [0.2, 0.25) is 6.33 Å². The minimum atomic E-state index is -2.28. The number of aromatic nitrogens is 4. The van der Waals surface area contributed by atoms with Gasteiger partial charge in [-0.25, -0.2) is 9.55 Å². The maximum atomic E-state index is 8.11. The number of hydrogen-bond donors (Lipinski definition) is 0. The van der Waals surface area contributed by atoms with Gasteiger partial charge in [-0.05, 0) is 59.7 Å². The third kappa shape index (κ3) is 4.20. The molecule has 0 amide bonds. The van der Waals surface area contributed by atoms with E-state index in [0.717, 1.165) is 39.2 Å². The summed E-state index contributed by atoms with van der Waals surface area (Å²) in [7, 11) is -2.24. The molecule has 5 aromatic carbocycles. The lowest BCUT2D eigenvalue weighted by Crippen LogP contribution is -2.52. The summed E-state index contributed by atoms with van der Waals surface area (Å²) in [6.45, 7) is 2.48. The second-order valence-electron chi connectivity index (χ2n) is 11.9. The second kappa shape index (κ2) is 10.2. The van der Waals surface area contributed by atoms with Crippen molar-refractivity contribution in [3.8, 4) is 22.6 Å². The van der Waals surface area contributed by atoms with Gasteiger partial charge in [-0.3, -0.25) is 4.57 Å². The maximum absolute atomic E-state index is 8.11. The number of fused-ring (bicyclic) bond motifs is 4. The fraction of sp³-hybridized carbons (Fsp3) is 0.0769. The molecule has 0 aliphatic heterocycles. The van der Waals surface area contributed by atoms with Crippen LogP contribution in [0.1, 0.15) is 4.11 Å². The standard InChI is InChI=1S/C39H33N4Si/c1-41-27-42(37-19-10-9-18-36(37)41)30-14-11-15-31(25-30)44(2,3)32-20-21-34-33-16-7-8-17-35(33)43(38(34)26-32)39-24-29(22-23-40-39)28-12-5-4-6-13-28/h4-27H,1-3H3/q+1/i1D3. The van der Waals surface area contributed by atoms with E-state index in [1.165, 1.54) is 25.7 Å². The molecule has 0 atom stereocenters.